The summed E-state index contributed by atoms with van der Waals surface area (Å²) in [7, 11) is 0. The zero-order valence-electron chi connectivity index (χ0n) is 18.8. The Morgan fingerprint density at radius 1 is 1.29 bits per heavy atom. The summed E-state index contributed by atoms with van der Waals surface area (Å²) in [5.74, 6) is 1.82. The van der Waals surface area contributed by atoms with E-state index in [-0.39, 0.29) is 23.3 Å². The maximum absolute atomic E-state index is 12.6. The molecule has 9 nitrogen and oxygen atoms in total. The van der Waals surface area contributed by atoms with E-state index in [0.29, 0.717) is 43.9 Å². The van der Waals surface area contributed by atoms with Gasteiger partial charge < -0.3 is 19.5 Å². The van der Waals surface area contributed by atoms with Gasteiger partial charge in [-0.05, 0) is 57.8 Å². The van der Waals surface area contributed by atoms with Gasteiger partial charge in [-0.3, -0.25) is 14.5 Å². The van der Waals surface area contributed by atoms with Crippen molar-refractivity contribution in [2.24, 2.45) is 11.3 Å². The van der Waals surface area contributed by atoms with Crippen molar-refractivity contribution in [1.82, 2.24) is 25.3 Å². The molecule has 2 aliphatic heterocycles. The number of nitrogens with one attached hydrogen (secondary N) is 1. The van der Waals surface area contributed by atoms with Crippen LogP contribution in [-0.2, 0) is 14.3 Å². The molecule has 0 bridgehead atoms. The van der Waals surface area contributed by atoms with Gasteiger partial charge in [-0.25, -0.2) is 0 Å². The third kappa shape index (κ3) is 5.44. The fourth-order valence-corrected chi connectivity index (χ4v) is 4.94. The molecule has 1 atom stereocenters. The summed E-state index contributed by atoms with van der Waals surface area (Å²) in [6.07, 6.45) is 5.71. The van der Waals surface area contributed by atoms with Crippen molar-refractivity contribution in [3.63, 3.8) is 0 Å². The van der Waals surface area contributed by atoms with E-state index in [1.807, 2.05) is 18.7 Å². The van der Waals surface area contributed by atoms with Crippen molar-refractivity contribution < 1.29 is 18.8 Å². The fourth-order valence-electron chi connectivity index (χ4n) is 4.94. The molecular formula is C22H35N5O4. The normalized spacial score (nSPS) is 23.4. The van der Waals surface area contributed by atoms with Gasteiger partial charge in [-0.15, -0.1) is 0 Å². The van der Waals surface area contributed by atoms with Crippen LogP contribution >= 0.6 is 0 Å². The monoisotopic (exact) mass is 433 g/mol. The summed E-state index contributed by atoms with van der Waals surface area (Å²) in [5, 5.41) is 6.97. The van der Waals surface area contributed by atoms with Gasteiger partial charge in [0, 0.05) is 45.3 Å². The minimum Gasteiger partial charge on any atom is -0.382 e. The van der Waals surface area contributed by atoms with Crippen LogP contribution in [0.2, 0.25) is 0 Å². The molecule has 31 heavy (non-hydrogen) atoms. The van der Waals surface area contributed by atoms with Crippen LogP contribution in [0.4, 0.5) is 0 Å². The van der Waals surface area contributed by atoms with E-state index in [0.717, 1.165) is 58.2 Å². The van der Waals surface area contributed by atoms with Gasteiger partial charge >= 0.3 is 0 Å². The topological polar surface area (TPSA) is 101 Å². The van der Waals surface area contributed by atoms with Gasteiger partial charge in [0.2, 0.25) is 17.7 Å². The molecule has 2 saturated heterocycles. The number of aromatic nitrogens is 2. The van der Waals surface area contributed by atoms with Crippen LogP contribution in [-0.4, -0.2) is 77.7 Å². The number of likely N-dealkylation sites (tertiary alicyclic amines) is 2. The molecule has 3 aliphatic rings. The quantitative estimate of drug-likeness (QED) is 0.592. The molecule has 0 radical (unpaired) electrons. The lowest BCUT2D eigenvalue weighted by atomic mass is 9.76. The molecule has 1 unspecified atom stereocenters. The van der Waals surface area contributed by atoms with Crippen LogP contribution in [0.1, 0.15) is 63.2 Å². The Balaban J connectivity index is 1.36. The first-order valence-corrected chi connectivity index (χ1v) is 11.7. The van der Waals surface area contributed by atoms with E-state index in [9.17, 15) is 9.59 Å². The second-order valence-electron chi connectivity index (χ2n) is 9.30. The van der Waals surface area contributed by atoms with Crippen LogP contribution < -0.4 is 5.32 Å². The molecule has 2 amide bonds. The van der Waals surface area contributed by atoms with Crippen molar-refractivity contribution in [2.45, 2.75) is 58.4 Å². The lowest BCUT2D eigenvalue weighted by Crippen LogP contribution is -2.45. The highest BCUT2D eigenvalue weighted by molar-refractivity contribution is 5.81. The predicted molar refractivity (Wildman–Crippen MR) is 113 cm³/mol. The lowest BCUT2D eigenvalue weighted by molar-refractivity contribution is -0.134. The molecular weight excluding hydrogens is 398 g/mol. The SMILES string of the molecule is CCOCCCNC(=O)CN1CC2(CCN(C(=O)C3CC3)CC2)CC1c1nc(C)no1. The van der Waals surface area contributed by atoms with E-state index >= 15 is 0 Å². The zero-order chi connectivity index (χ0) is 21.8. The Morgan fingerprint density at radius 3 is 2.71 bits per heavy atom. The minimum absolute atomic E-state index is 0.0103. The number of hydrogen-bond acceptors (Lipinski definition) is 7. The average molecular weight is 434 g/mol. The van der Waals surface area contributed by atoms with E-state index in [1.54, 1.807) is 0 Å². The van der Waals surface area contributed by atoms with E-state index in [4.69, 9.17) is 9.26 Å². The molecule has 9 heteroatoms. The molecule has 0 aromatic carbocycles. The van der Waals surface area contributed by atoms with Crippen LogP contribution in [0, 0.1) is 18.3 Å². The molecule has 3 heterocycles. The molecule has 172 valence electrons. The number of aryl methyl sites for hydroxylation is 1. The highest BCUT2D eigenvalue weighted by atomic mass is 16.5. The number of ether oxygens (including phenoxy) is 1. The fraction of sp³-hybridized carbons (Fsp3) is 0.818. The Kier molecular flexibility index (Phi) is 6.91. The minimum atomic E-state index is -0.0546. The Labute approximate surface area is 183 Å². The summed E-state index contributed by atoms with van der Waals surface area (Å²) < 4.78 is 10.8. The second-order valence-corrected chi connectivity index (χ2v) is 9.30. The van der Waals surface area contributed by atoms with Gasteiger partial charge in [0.1, 0.15) is 0 Å². The third-order valence-corrected chi connectivity index (χ3v) is 6.83. The number of carbonyl (C=O) groups is 2. The maximum atomic E-state index is 12.6. The summed E-state index contributed by atoms with van der Waals surface area (Å²) in [6, 6.07) is -0.0546. The van der Waals surface area contributed by atoms with E-state index in [1.165, 1.54) is 0 Å². The van der Waals surface area contributed by atoms with E-state index in [2.05, 4.69) is 20.4 Å². The van der Waals surface area contributed by atoms with E-state index < -0.39 is 0 Å². The van der Waals surface area contributed by atoms with Crippen molar-refractivity contribution in [1.29, 1.82) is 0 Å². The average Bonchev–Trinajstić information content (AvgIpc) is 3.44. The molecule has 1 spiro atoms. The second kappa shape index (κ2) is 9.65. The smallest absolute Gasteiger partial charge is 0.244 e. The molecule has 1 aromatic heterocycles. The first kappa shape index (κ1) is 22.2. The first-order chi connectivity index (χ1) is 15.0. The predicted octanol–water partition coefficient (Wildman–Crippen LogP) is 1.69. The first-order valence-electron chi connectivity index (χ1n) is 11.7. The summed E-state index contributed by atoms with van der Waals surface area (Å²) in [5.41, 5.74) is 0.0859. The Hall–Kier alpha value is -2.00. The van der Waals surface area contributed by atoms with Crippen molar-refractivity contribution in [2.75, 3.05) is 45.9 Å². The van der Waals surface area contributed by atoms with Crippen LogP contribution in [0.5, 0.6) is 0 Å². The molecule has 1 aliphatic carbocycles. The van der Waals surface area contributed by atoms with Gasteiger partial charge in [-0.2, -0.15) is 4.98 Å². The molecule has 1 N–H and O–H groups in total. The third-order valence-electron chi connectivity index (χ3n) is 6.83. The van der Waals surface area contributed by atoms with Crippen molar-refractivity contribution in [3.8, 4) is 0 Å². The van der Waals surface area contributed by atoms with Crippen LogP contribution in [0.3, 0.4) is 0 Å². The number of piperidine rings is 1. The molecule has 1 saturated carbocycles. The number of carbonyl (C=O) groups excluding carboxylic acids is 2. The van der Waals surface area contributed by atoms with Gasteiger partial charge in [0.15, 0.2) is 5.82 Å². The zero-order valence-corrected chi connectivity index (χ0v) is 18.8. The lowest BCUT2D eigenvalue weighted by Gasteiger charge is -2.39. The maximum Gasteiger partial charge on any atom is 0.244 e. The van der Waals surface area contributed by atoms with Gasteiger partial charge in [0.25, 0.3) is 0 Å². The molecule has 3 fully saturated rings. The summed E-state index contributed by atoms with van der Waals surface area (Å²) >= 11 is 0. The van der Waals surface area contributed by atoms with Gasteiger partial charge in [-0.1, -0.05) is 5.16 Å². The highest BCUT2D eigenvalue weighted by Gasteiger charge is 2.49. The number of amides is 2. The number of rotatable bonds is 9. The number of hydrogen-bond donors (Lipinski definition) is 1. The van der Waals surface area contributed by atoms with Crippen molar-refractivity contribution in [3.05, 3.63) is 11.7 Å². The number of nitrogens with zero attached hydrogens (tertiary/aromatic N) is 4. The van der Waals surface area contributed by atoms with Crippen LogP contribution in [0.25, 0.3) is 0 Å². The molecule has 4 rings (SSSR count). The molecule has 1 aromatic rings. The van der Waals surface area contributed by atoms with Crippen LogP contribution in [0.15, 0.2) is 4.52 Å². The summed E-state index contributed by atoms with van der Waals surface area (Å²) in [4.78, 5) is 33.7. The van der Waals surface area contributed by atoms with Crippen molar-refractivity contribution >= 4 is 11.8 Å². The van der Waals surface area contributed by atoms with Gasteiger partial charge in [0.05, 0.1) is 12.6 Å². The largest absolute Gasteiger partial charge is 0.382 e. The highest BCUT2D eigenvalue weighted by Crippen LogP contribution is 2.49. The Morgan fingerprint density at radius 2 is 2.06 bits per heavy atom. The standard InChI is InChI=1S/C22H35N5O4/c1-3-30-12-4-9-23-19(28)14-27-15-22(13-18(27)20-24-16(2)25-31-20)7-10-26(11-8-22)21(29)17-5-6-17/h17-18H,3-15H2,1-2H3,(H,23,28). The Bertz CT molecular complexity index is 770. The summed E-state index contributed by atoms with van der Waals surface area (Å²) in [6.45, 7) is 8.49.